The van der Waals surface area contributed by atoms with Crippen LogP contribution in [0.2, 0.25) is 0 Å². The number of aryl methyl sites for hydroxylation is 1. The fraction of sp³-hybridized carbons (Fsp3) is 0.263. The number of benzene rings is 1. The number of hydrogen-bond donors (Lipinski definition) is 0. The van der Waals surface area contributed by atoms with Crippen LogP contribution in [0.3, 0.4) is 0 Å². The number of piperazine rings is 1. The summed E-state index contributed by atoms with van der Waals surface area (Å²) in [5, 5.41) is 11.7. The zero-order valence-corrected chi connectivity index (χ0v) is 14.8. The molecular weight excluding hydrogens is 348 g/mol. The molecule has 1 aliphatic rings. The lowest BCUT2D eigenvalue weighted by Gasteiger charge is -2.35. The first-order valence-corrected chi connectivity index (χ1v) is 8.67. The number of amides is 1. The maximum absolute atomic E-state index is 12.9. The van der Waals surface area contributed by atoms with Gasteiger partial charge < -0.3 is 14.2 Å². The number of furan rings is 1. The van der Waals surface area contributed by atoms with E-state index in [9.17, 15) is 14.9 Å². The van der Waals surface area contributed by atoms with E-state index in [1.54, 1.807) is 11.0 Å². The minimum Gasteiger partial charge on any atom is -0.451 e. The number of anilines is 1. The van der Waals surface area contributed by atoms with Gasteiger partial charge in [0, 0.05) is 43.2 Å². The highest BCUT2D eigenvalue weighted by Crippen LogP contribution is 2.26. The predicted octanol–water partition coefficient (Wildman–Crippen LogP) is 3.01. The third-order valence-corrected chi connectivity index (χ3v) is 4.87. The smallest absolute Gasteiger partial charge is 0.290 e. The van der Waals surface area contributed by atoms with E-state index in [0.717, 1.165) is 10.9 Å². The number of carbonyl (C=O) groups excluding carboxylic acids is 1. The number of fused-ring (bicyclic) bond motifs is 1. The lowest BCUT2D eigenvalue weighted by atomic mass is 10.1. The first-order chi connectivity index (χ1) is 13.0. The van der Waals surface area contributed by atoms with E-state index in [2.05, 4.69) is 4.98 Å². The van der Waals surface area contributed by atoms with Crippen molar-refractivity contribution in [2.45, 2.75) is 6.92 Å². The van der Waals surface area contributed by atoms with Crippen molar-refractivity contribution >= 4 is 28.4 Å². The van der Waals surface area contributed by atoms with Crippen LogP contribution in [0.4, 0.5) is 11.5 Å². The van der Waals surface area contributed by atoms with Gasteiger partial charge in [-0.2, -0.15) is 0 Å². The Kier molecular flexibility index (Phi) is 4.23. The van der Waals surface area contributed by atoms with Gasteiger partial charge in [-0.1, -0.05) is 18.2 Å². The Morgan fingerprint density at radius 1 is 1.15 bits per heavy atom. The van der Waals surface area contributed by atoms with Crippen LogP contribution >= 0.6 is 0 Å². The van der Waals surface area contributed by atoms with Gasteiger partial charge in [-0.15, -0.1) is 0 Å². The van der Waals surface area contributed by atoms with Gasteiger partial charge in [-0.25, -0.2) is 4.98 Å². The van der Waals surface area contributed by atoms with Crippen molar-refractivity contribution in [3.63, 3.8) is 0 Å². The van der Waals surface area contributed by atoms with Crippen LogP contribution < -0.4 is 4.90 Å². The van der Waals surface area contributed by atoms with Crippen LogP contribution in [0, 0.1) is 17.0 Å². The third kappa shape index (κ3) is 3.10. The predicted molar refractivity (Wildman–Crippen MR) is 100.0 cm³/mol. The van der Waals surface area contributed by atoms with E-state index in [0.29, 0.717) is 43.3 Å². The van der Waals surface area contributed by atoms with Gasteiger partial charge in [0.05, 0.1) is 4.92 Å². The fourth-order valence-corrected chi connectivity index (χ4v) is 3.33. The summed E-state index contributed by atoms with van der Waals surface area (Å²) in [6.07, 6.45) is 1.25. The molecule has 0 atom stereocenters. The van der Waals surface area contributed by atoms with E-state index in [-0.39, 0.29) is 11.6 Å². The minimum atomic E-state index is -0.469. The number of aromatic nitrogens is 1. The van der Waals surface area contributed by atoms with E-state index >= 15 is 0 Å². The highest BCUT2D eigenvalue weighted by atomic mass is 16.6. The summed E-state index contributed by atoms with van der Waals surface area (Å²) in [4.78, 5) is 31.1. The van der Waals surface area contributed by atoms with Crippen molar-refractivity contribution in [2.24, 2.45) is 0 Å². The second-order valence-electron chi connectivity index (χ2n) is 6.46. The molecule has 8 heteroatoms. The summed E-state index contributed by atoms with van der Waals surface area (Å²) in [5.74, 6) is 0.950. The quantitative estimate of drug-likeness (QED) is 0.523. The monoisotopic (exact) mass is 366 g/mol. The molecule has 2 aromatic heterocycles. The molecule has 0 aliphatic carbocycles. The molecule has 0 unspecified atom stereocenters. The largest absolute Gasteiger partial charge is 0.451 e. The van der Waals surface area contributed by atoms with Crippen LogP contribution in [-0.4, -0.2) is 46.9 Å². The van der Waals surface area contributed by atoms with Gasteiger partial charge >= 0.3 is 0 Å². The Balaban J connectivity index is 1.46. The summed E-state index contributed by atoms with van der Waals surface area (Å²) >= 11 is 0. The standard InChI is InChI=1S/C19H18N4O4/c1-13-15-4-2-3-5-16(15)27-18(13)19(24)22-10-8-21(9-11-22)17-7-6-14(12-20-17)23(25)26/h2-7,12H,8-11H2,1H3. The summed E-state index contributed by atoms with van der Waals surface area (Å²) in [5.41, 5.74) is 1.54. The molecule has 0 bridgehead atoms. The van der Waals surface area contributed by atoms with Crippen molar-refractivity contribution in [1.82, 2.24) is 9.88 Å². The molecule has 1 fully saturated rings. The summed E-state index contributed by atoms with van der Waals surface area (Å²) < 4.78 is 5.78. The SMILES string of the molecule is Cc1c(C(=O)N2CCN(c3ccc([N+](=O)[O-])cn3)CC2)oc2ccccc12. The molecule has 1 saturated heterocycles. The van der Waals surface area contributed by atoms with Crippen molar-refractivity contribution in [2.75, 3.05) is 31.1 Å². The number of hydrogen-bond acceptors (Lipinski definition) is 6. The Morgan fingerprint density at radius 2 is 1.89 bits per heavy atom. The number of carbonyl (C=O) groups is 1. The minimum absolute atomic E-state index is 0.0343. The zero-order valence-electron chi connectivity index (χ0n) is 14.8. The molecule has 1 aliphatic heterocycles. The zero-order chi connectivity index (χ0) is 19.0. The number of para-hydroxylation sites is 1. The van der Waals surface area contributed by atoms with Gasteiger partial charge in [-0.3, -0.25) is 14.9 Å². The molecule has 0 saturated carbocycles. The average molecular weight is 366 g/mol. The van der Waals surface area contributed by atoms with Crippen molar-refractivity contribution in [3.05, 3.63) is 64.0 Å². The van der Waals surface area contributed by atoms with Gasteiger partial charge in [0.1, 0.15) is 17.6 Å². The molecule has 4 rings (SSSR count). The Labute approximate surface area is 155 Å². The number of rotatable bonds is 3. The highest BCUT2D eigenvalue weighted by molar-refractivity contribution is 5.99. The first kappa shape index (κ1) is 17.0. The molecule has 0 N–H and O–H groups in total. The lowest BCUT2D eigenvalue weighted by molar-refractivity contribution is -0.385. The van der Waals surface area contributed by atoms with Crippen LogP contribution in [-0.2, 0) is 0 Å². The molecule has 27 heavy (non-hydrogen) atoms. The van der Waals surface area contributed by atoms with E-state index in [1.807, 2.05) is 36.1 Å². The summed E-state index contributed by atoms with van der Waals surface area (Å²) in [6.45, 7) is 4.18. The molecule has 0 spiro atoms. The van der Waals surface area contributed by atoms with Gasteiger partial charge in [0.25, 0.3) is 11.6 Å². The third-order valence-electron chi connectivity index (χ3n) is 4.87. The van der Waals surface area contributed by atoms with Crippen molar-refractivity contribution < 1.29 is 14.1 Å². The molecule has 1 aromatic carbocycles. The fourth-order valence-electron chi connectivity index (χ4n) is 3.33. The maximum Gasteiger partial charge on any atom is 0.290 e. The molecule has 3 heterocycles. The molecule has 1 amide bonds. The first-order valence-electron chi connectivity index (χ1n) is 8.67. The van der Waals surface area contributed by atoms with Crippen LogP contribution in [0.1, 0.15) is 16.1 Å². The van der Waals surface area contributed by atoms with Crippen LogP contribution in [0.5, 0.6) is 0 Å². The number of nitro groups is 1. The Morgan fingerprint density at radius 3 is 2.52 bits per heavy atom. The highest BCUT2D eigenvalue weighted by Gasteiger charge is 2.27. The topological polar surface area (TPSA) is 92.7 Å². The van der Waals surface area contributed by atoms with Crippen LogP contribution in [0.15, 0.2) is 47.0 Å². The average Bonchev–Trinajstić information content (AvgIpc) is 3.04. The normalized spacial score (nSPS) is 14.6. The van der Waals surface area contributed by atoms with Crippen molar-refractivity contribution in [1.29, 1.82) is 0 Å². The molecule has 138 valence electrons. The summed E-state index contributed by atoms with van der Waals surface area (Å²) in [6, 6.07) is 10.7. The van der Waals surface area contributed by atoms with E-state index in [4.69, 9.17) is 4.42 Å². The van der Waals surface area contributed by atoms with Crippen LogP contribution in [0.25, 0.3) is 11.0 Å². The Hall–Kier alpha value is -3.42. The maximum atomic E-state index is 12.9. The summed E-state index contributed by atoms with van der Waals surface area (Å²) in [7, 11) is 0. The number of nitrogens with zero attached hydrogens (tertiary/aromatic N) is 4. The molecule has 3 aromatic rings. The van der Waals surface area contributed by atoms with E-state index < -0.39 is 4.92 Å². The molecule has 0 radical (unpaired) electrons. The van der Waals surface area contributed by atoms with Gasteiger partial charge in [0.15, 0.2) is 5.76 Å². The lowest BCUT2D eigenvalue weighted by Crippen LogP contribution is -2.49. The molecular formula is C19H18N4O4. The second-order valence-corrected chi connectivity index (χ2v) is 6.46. The van der Waals surface area contributed by atoms with Gasteiger partial charge in [0.2, 0.25) is 0 Å². The van der Waals surface area contributed by atoms with Crippen molar-refractivity contribution in [3.8, 4) is 0 Å². The number of pyridine rings is 1. The van der Waals surface area contributed by atoms with E-state index in [1.165, 1.54) is 12.3 Å². The van der Waals surface area contributed by atoms with Gasteiger partial charge in [-0.05, 0) is 19.1 Å². The Bertz CT molecular complexity index is 1000. The molecule has 8 nitrogen and oxygen atoms in total. The second kappa shape index (κ2) is 6.71.